The quantitative estimate of drug-likeness (QED) is 0.0423. The van der Waals surface area contributed by atoms with E-state index in [2.05, 4.69) is 47.5 Å². The monoisotopic (exact) mass is 1760 g/mol. The van der Waals surface area contributed by atoms with Crippen LogP contribution in [-0.2, 0) is 104 Å². The number of phenols is 1. The molecule has 4 heterocycles. The highest BCUT2D eigenvalue weighted by molar-refractivity contribution is 8.00. The molecular weight excluding hydrogens is 1640 g/mol. The second-order valence-corrected chi connectivity index (χ2v) is 34.7. The molecule has 0 unspecified atom stereocenters. The summed E-state index contributed by atoms with van der Waals surface area (Å²) in [7, 11) is 4.10. The second-order valence-electron chi connectivity index (χ2n) is 33.6. The summed E-state index contributed by atoms with van der Waals surface area (Å²) in [6, 6.07) is 15.4. The molecule has 13 amide bonds. The van der Waals surface area contributed by atoms with Crippen molar-refractivity contribution >= 4 is 112 Å². The number of aliphatic carboxylic acids is 1. The third kappa shape index (κ3) is 27.0. The van der Waals surface area contributed by atoms with Crippen molar-refractivity contribution in [3.05, 3.63) is 173 Å². The molecule has 0 radical (unpaired) electrons. The SMILES string of the molecule is CCCC[C@H]1C(=O)N2CCC[C@@H]2C(=O)N[C@@H](CC(=O)O)C(=O)N[C@@H](C(C)C)C(=O)N(C)[C@@H](Cc2ccc(C)cc2)C(=O)N[C@@H](CCCN)C(=O)N2CCC[C@@H]2C(=O)N[C@@H](Cc2c[nH]c3ccccc23)C(=O)N[C@@H](Cc2ccc(O)cc2)C(=O)N[C@@H](CC(C)C)C(=O)N[C@H](C=O)CSCC(=O)N[C@@H](Cc2ccc(F)cc2)C(=O)N(C)[C@@H](Cc2ccccc2)C(=O)N1C. The average molecular weight is 1760 g/mol. The predicted molar refractivity (Wildman–Crippen MR) is 471 cm³/mol. The standard InChI is InChI=1S/C92H120FN15O17S/c1-10-11-25-75-91(124)108-42-19-27-74(108)86(119)102-71(49-79(112)113)84(117)103-80(55(4)5)92(125)105(8)76(46-60-30-28-56(6)29-31-60)87(120)98-67(24-17-40-94)89(122)107-41-18-26-73(107)85(118)101-70(48-61-50-95-66-23-16-15-22-65(61)66)83(116)100-69(44-59-34-38-64(110)39-35-59)82(115)99-68(43-54(2)3)81(114)96-63(51-109)52-126-53-78(111)97-72(45-58-32-36-62(93)37-33-58)88(121)106(9)77(90(123)104(75)7)47-57-20-13-12-14-21-57/h12-16,20-23,28-39,50-51,54-55,63,67-77,80,95,110H,10-11,17-19,24-27,40-49,52-53,94H2,1-9H3,(H,96,114)(H,97,111)(H,98,120)(H,99,115)(H,100,116)(H,101,118)(H,102,119)(H,103,117)(H,112,113)/t63-,67+,68+,69+,70+,71+,72+,73-,74-,75+,76+,77+,80+/m1/s1. The lowest BCUT2D eigenvalue weighted by Crippen LogP contribution is -2.62. The third-order valence-corrected chi connectivity index (χ3v) is 24.4. The van der Waals surface area contributed by atoms with E-state index in [4.69, 9.17) is 5.73 Å². The molecule has 0 spiro atoms. The van der Waals surface area contributed by atoms with Crippen molar-refractivity contribution < 1.29 is 86.5 Å². The zero-order valence-electron chi connectivity index (χ0n) is 72.9. The number of thioether (sulfide) groups is 1. The first-order valence-corrected chi connectivity index (χ1v) is 44.3. The summed E-state index contributed by atoms with van der Waals surface area (Å²) >= 11 is 0.906. The van der Waals surface area contributed by atoms with E-state index in [1.54, 1.807) is 101 Å². The normalized spacial score (nSPS) is 24.3. The smallest absolute Gasteiger partial charge is 0.305 e. The number of nitrogens with zero attached hydrogens (tertiary/aromatic N) is 5. The molecule has 34 heteroatoms. The number of carboxylic acids is 1. The van der Waals surface area contributed by atoms with Crippen molar-refractivity contribution in [2.75, 3.05) is 52.3 Å². The first-order chi connectivity index (χ1) is 60.2. The molecule has 126 heavy (non-hydrogen) atoms. The highest BCUT2D eigenvalue weighted by Crippen LogP contribution is 2.28. The molecule has 3 fully saturated rings. The summed E-state index contributed by atoms with van der Waals surface area (Å²) in [5, 5.41) is 43.5. The molecule has 13 N–H and O–H groups in total. The molecule has 1 aromatic heterocycles. The van der Waals surface area contributed by atoms with Gasteiger partial charge in [0, 0.05) is 89.2 Å². The van der Waals surface area contributed by atoms with Crippen molar-refractivity contribution in [1.29, 1.82) is 0 Å². The minimum absolute atomic E-state index is 0.00264. The van der Waals surface area contributed by atoms with Crippen LogP contribution in [0.25, 0.3) is 10.9 Å². The molecule has 6 aromatic rings. The molecule has 0 aliphatic carbocycles. The lowest BCUT2D eigenvalue weighted by molar-refractivity contribution is -0.152. The molecule has 0 bridgehead atoms. The lowest BCUT2D eigenvalue weighted by atomic mass is 9.98. The number of carbonyl (C=O) groups excluding carboxylic acids is 14. The van der Waals surface area contributed by atoms with Crippen LogP contribution in [0.15, 0.2) is 134 Å². The number of fused-ring (bicyclic) bond motifs is 3. The van der Waals surface area contributed by atoms with Gasteiger partial charge in [-0.3, -0.25) is 67.1 Å². The Morgan fingerprint density at radius 3 is 1.65 bits per heavy atom. The van der Waals surface area contributed by atoms with Crippen molar-refractivity contribution in [1.82, 2.24) is 72.0 Å². The number of likely N-dealkylation sites (N-methyl/N-ethyl adjacent to an activating group) is 3. The van der Waals surface area contributed by atoms with E-state index < -0.39 is 185 Å². The van der Waals surface area contributed by atoms with E-state index in [0.717, 1.165) is 27.1 Å². The summed E-state index contributed by atoms with van der Waals surface area (Å²) < 4.78 is 14.5. The highest BCUT2D eigenvalue weighted by atomic mass is 32.2. The number of unbranched alkanes of at least 4 members (excludes halogenated alkanes) is 1. The van der Waals surface area contributed by atoms with Gasteiger partial charge in [-0.05, 0) is 135 Å². The van der Waals surface area contributed by atoms with Gasteiger partial charge < -0.3 is 92.8 Å². The number of para-hydroxylation sites is 1. The van der Waals surface area contributed by atoms with Gasteiger partial charge in [-0.1, -0.05) is 150 Å². The number of aromatic hydroxyl groups is 1. The summed E-state index contributed by atoms with van der Waals surface area (Å²) in [4.78, 5) is 232. The van der Waals surface area contributed by atoms with E-state index in [1.807, 2.05) is 26.0 Å². The number of carboxylic acid groups (broad SMARTS) is 1. The molecule has 0 saturated carbocycles. The minimum Gasteiger partial charge on any atom is -0.508 e. The van der Waals surface area contributed by atoms with Gasteiger partial charge in [0.1, 0.15) is 90.4 Å². The van der Waals surface area contributed by atoms with Crippen LogP contribution in [0.4, 0.5) is 4.39 Å². The van der Waals surface area contributed by atoms with E-state index in [9.17, 15) is 43.4 Å². The van der Waals surface area contributed by atoms with Crippen LogP contribution in [0.5, 0.6) is 5.75 Å². The molecule has 3 saturated heterocycles. The van der Waals surface area contributed by atoms with E-state index in [-0.39, 0.29) is 121 Å². The van der Waals surface area contributed by atoms with Gasteiger partial charge in [0.2, 0.25) is 76.8 Å². The van der Waals surface area contributed by atoms with Gasteiger partial charge in [-0.15, -0.1) is 11.8 Å². The van der Waals surface area contributed by atoms with Crippen molar-refractivity contribution in [3.63, 3.8) is 0 Å². The van der Waals surface area contributed by atoms with Crippen molar-refractivity contribution in [2.45, 2.75) is 223 Å². The largest absolute Gasteiger partial charge is 0.508 e. The number of carbonyl (C=O) groups is 15. The van der Waals surface area contributed by atoms with Crippen LogP contribution < -0.4 is 48.3 Å². The highest BCUT2D eigenvalue weighted by Gasteiger charge is 2.46. The number of hydrogen-bond donors (Lipinski definition) is 12. The van der Waals surface area contributed by atoms with Crippen LogP contribution in [0.1, 0.15) is 139 Å². The Labute approximate surface area is 737 Å². The number of benzene rings is 5. The summed E-state index contributed by atoms with van der Waals surface area (Å²) in [5.74, 6) is -14.6. The molecule has 13 atom stereocenters. The van der Waals surface area contributed by atoms with Crippen molar-refractivity contribution in [3.8, 4) is 5.75 Å². The number of nitrogens with one attached hydrogen (secondary N) is 9. The number of rotatable bonds is 22. The summed E-state index contributed by atoms with van der Waals surface area (Å²) in [5.41, 5.74) is 10.2. The number of amides is 13. The maximum Gasteiger partial charge on any atom is 0.305 e. The van der Waals surface area contributed by atoms with Gasteiger partial charge in [0.05, 0.1) is 18.2 Å². The lowest BCUT2D eigenvalue weighted by Gasteiger charge is -2.38. The number of phenolic OH excluding ortho intramolecular Hbond substituents is 1. The fourth-order valence-electron chi connectivity index (χ4n) is 16.2. The molecule has 678 valence electrons. The van der Waals surface area contributed by atoms with Crippen LogP contribution in [0, 0.1) is 24.6 Å². The second kappa shape index (κ2) is 46.8. The number of nitrogens with two attached hydrogens (primary N) is 1. The van der Waals surface area contributed by atoms with Crippen LogP contribution in [0.2, 0.25) is 0 Å². The first-order valence-electron chi connectivity index (χ1n) is 43.1. The van der Waals surface area contributed by atoms with Gasteiger partial charge in [0.25, 0.3) is 0 Å². The topological polar surface area (TPSA) is 451 Å². The van der Waals surface area contributed by atoms with Crippen LogP contribution in [-0.4, -0.2) is 260 Å². The Morgan fingerprint density at radius 2 is 1.04 bits per heavy atom. The van der Waals surface area contributed by atoms with Gasteiger partial charge in [0.15, 0.2) is 0 Å². The Kier molecular flexibility index (Phi) is 36.3. The number of aldehydes is 1. The Morgan fingerprint density at radius 1 is 0.524 bits per heavy atom. The molecule has 3 aliphatic rings. The minimum atomic E-state index is -1.87. The first kappa shape index (κ1) is 97.7. The Bertz CT molecular complexity index is 4810. The van der Waals surface area contributed by atoms with E-state index in [0.29, 0.717) is 57.8 Å². The molecule has 5 aromatic carbocycles. The van der Waals surface area contributed by atoms with Crippen LogP contribution in [0.3, 0.4) is 0 Å². The summed E-state index contributed by atoms with van der Waals surface area (Å²) in [6.45, 7) is 10.5. The van der Waals surface area contributed by atoms with Gasteiger partial charge in [-0.25, -0.2) is 4.39 Å². The molecule has 3 aliphatic heterocycles. The zero-order valence-corrected chi connectivity index (χ0v) is 73.7. The Balaban J connectivity index is 1.10. The van der Waals surface area contributed by atoms with E-state index >= 15 is 43.2 Å². The van der Waals surface area contributed by atoms with E-state index in [1.165, 1.54) is 84.4 Å². The van der Waals surface area contributed by atoms with Gasteiger partial charge >= 0.3 is 5.97 Å². The number of hydrogen-bond acceptors (Lipinski definition) is 18. The molecule has 9 rings (SSSR count). The fraction of sp³-hybridized carbons (Fsp3) is 0.489. The maximum atomic E-state index is 15.6. The Hall–Kier alpha value is -12.1. The number of aromatic nitrogens is 1. The number of halogens is 1. The molecular formula is C92H120FN15O17S. The van der Waals surface area contributed by atoms with Crippen molar-refractivity contribution in [2.24, 2.45) is 17.6 Å². The number of aromatic amines is 1. The van der Waals surface area contributed by atoms with Gasteiger partial charge in [-0.2, -0.15) is 0 Å². The zero-order chi connectivity index (χ0) is 91.6. The van der Waals surface area contributed by atoms with Crippen LogP contribution >= 0.6 is 11.8 Å². The number of H-pyrrole nitrogens is 1. The average Bonchev–Trinajstić information content (AvgIpc) is 1.51. The maximum absolute atomic E-state index is 15.6. The summed E-state index contributed by atoms with van der Waals surface area (Å²) in [6.07, 6.45) is 1.94. The molecule has 32 nitrogen and oxygen atoms in total. The number of aryl methyl sites for hydroxylation is 1. The third-order valence-electron chi connectivity index (χ3n) is 23.3. The fourth-order valence-corrected chi connectivity index (χ4v) is 17.0. The predicted octanol–water partition coefficient (Wildman–Crippen LogP) is 4.23.